The van der Waals surface area contributed by atoms with Crippen molar-refractivity contribution in [2.75, 3.05) is 7.11 Å². The molecular formula is C15H28BN3O3. The number of aromatic nitrogens is 2. The minimum absolute atomic E-state index is 0.223. The highest BCUT2D eigenvalue weighted by molar-refractivity contribution is 6.62. The Labute approximate surface area is 133 Å². The van der Waals surface area contributed by atoms with E-state index in [0.717, 1.165) is 11.2 Å². The molecule has 124 valence electrons. The van der Waals surface area contributed by atoms with Gasteiger partial charge in [0.05, 0.1) is 30.4 Å². The van der Waals surface area contributed by atoms with Crippen LogP contribution in [0.5, 0.6) is 0 Å². The predicted octanol–water partition coefficient (Wildman–Crippen LogP) is 1.42. The summed E-state index contributed by atoms with van der Waals surface area (Å²) in [5.74, 6) is 0. The monoisotopic (exact) mass is 309 g/mol. The van der Waals surface area contributed by atoms with Crippen LogP contribution < -0.4 is 10.9 Å². The molecule has 1 saturated heterocycles. The van der Waals surface area contributed by atoms with Crippen LogP contribution in [0.3, 0.4) is 0 Å². The van der Waals surface area contributed by atoms with Crippen LogP contribution in [0.4, 0.5) is 0 Å². The van der Waals surface area contributed by atoms with Gasteiger partial charge in [0, 0.05) is 17.4 Å². The van der Waals surface area contributed by atoms with Crippen molar-refractivity contribution in [3.63, 3.8) is 0 Å². The van der Waals surface area contributed by atoms with Crippen LogP contribution in [0.2, 0.25) is 0 Å². The van der Waals surface area contributed by atoms with Gasteiger partial charge in [0.2, 0.25) is 0 Å². The van der Waals surface area contributed by atoms with E-state index in [0.29, 0.717) is 6.54 Å². The van der Waals surface area contributed by atoms with Crippen molar-refractivity contribution in [1.82, 2.24) is 15.3 Å². The Hall–Kier alpha value is -0.885. The quantitative estimate of drug-likeness (QED) is 0.658. The maximum Gasteiger partial charge on any atom is 0.498 e. The highest BCUT2D eigenvalue weighted by Gasteiger charge is 2.52. The number of hydroxylamine groups is 1. The van der Waals surface area contributed by atoms with Crippen molar-refractivity contribution in [2.24, 2.45) is 0 Å². The molecule has 0 aromatic carbocycles. The molecule has 1 aliphatic heterocycles. The zero-order valence-electron chi connectivity index (χ0n) is 15.0. The fourth-order valence-electron chi connectivity index (χ4n) is 2.50. The zero-order chi connectivity index (χ0) is 16.8. The topological polar surface area (TPSA) is 57.5 Å². The summed E-state index contributed by atoms with van der Waals surface area (Å²) < 4.78 is 14.2. The summed E-state index contributed by atoms with van der Waals surface area (Å²) in [4.78, 5) is 5.04. The van der Waals surface area contributed by atoms with Gasteiger partial charge in [0.25, 0.3) is 0 Å². The van der Waals surface area contributed by atoms with Crippen molar-refractivity contribution < 1.29 is 14.1 Å². The second-order valence-electron chi connectivity index (χ2n) is 7.62. The summed E-state index contributed by atoms with van der Waals surface area (Å²) in [6, 6.07) is 0. The number of hydrogen-bond acceptors (Lipinski definition) is 5. The minimum Gasteiger partial charge on any atom is -0.399 e. The van der Waals surface area contributed by atoms with E-state index in [1.165, 1.54) is 0 Å². The van der Waals surface area contributed by atoms with Gasteiger partial charge in [0.15, 0.2) is 0 Å². The summed E-state index contributed by atoms with van der Waals surface area (Å²) in [6.07, 6.45) is 1.83. The van der Waals surface area contributed by atoms with Crippen molar-refractivity contribution in [2.45, 2.75) is 71.8 Å². The molecule has 6 nitrogen and oxygen atoms in total. The number of nitrogens with one attached hydrogen (secondary N) is 1. The van der Waals surface area contributed by atoms with E-state index >= 15 is 0 Å². The molecular weight excluding hydrogens is 281 g/mol. The summed E-state index contributed by atoms with van der Waals surface area (Å²) >= 11 is 0. The van der Waals surface area contributed by atoms with E-state index in [4.69, 9.17) is 14.1 Å². The first-order chi connectivity index (χ1) is 9.99. The molecule has 1 aliphatic rings. The third-order valence-corrected chi connectivity index (χ3v) is 4.57. The Morgan fingerprint density at radius 1 is 1.27 bits per heavy atom. The first-order valence-electron chi connectivity index (χ1n) is 7.67. The average molecular weight is 309 g/mol. The first kappa shape index (κ1) is 17.5. The van der Waals surface area contributed by atoms with Gasteiger partial charge in [0.1, 0.15) is 0 Å². The van der Waals surface area contributed by atoms with Gasteiger partial charge in [-0.1, -0.05) is 0 Å². The lowest BCUT2D eigenvalue weighted by atomic mass is 9.79. The molecule has 0 saturated carbocycles. The van der Waals surface area contributed by atoms with Crippen LogP contribution in [0.25, 0.3) is 0 Å². The van der Waals surface area contributed by atoms with Crippen LogP contribution in [-0.2, 0) is 20.7 Å². The minimum atomic E-state index is -0.378. The van der Waals surface area contributed by atoms with Gasteiger partial charge in [-0.15, -0.1) is 0 Å². The average Bonchev–Trinajstić information content (AvgIpc) is 2.78. The molecule has 0 unspecified atom stereocenters. The largest absolute Gasteiger partial charge is 0.498 e. The van der Waals surface area contributed by atoms with Crippen molar-refractivity contribution in [3.05, 3.63) is 11.9 Å². The Balaban J connectivity index is 2.19. The lowest BCUT2D eigenvalue weighted by molar-refractivity contribution is 0.00578. The molecule has 0 aliphatic carbocycles. The van der Waals surface area contributed by atoms with Crippen LogP contribution >= 0.6 is 0 Å². The smallest absolute Gasteiger partial charge is 0.399 e. The van der Waals surface area contributed by atoms with E-state index in [9.17, 15) is 0 Å². The van der Waals surface area contributed by atoms with E-state index in [-0.39, 0.29) is 23.9 Å². The Kier molecular flexibility index (Phi) is 4.47. The van der Waals surface area contributed by atoms with Gasteiger partial charge in [-0.3, -0.25) is 4.68 Å². The van der Waals surface area contributed by atoms with Crippen LogP contribution in [0.15, 0.2) is 6.20 Å². The summed E-state index contributed by atoms with van der Waals surface area (Å²) in [5.41, 5.74) is 4.09. The van der Waals surface area contributed by atoms with Crippen LogP contribution in [-0.4, -0.2) is 40.7 Å². The molecule has 0 bridgehead atoms. The van der Waals surface area contributed by atoms with Gasteiger partial charge in [-0.05, 0) is 48.5 Å². The molecule has 22 heavy (non-hydrogen) atoms. The van der Waals surface area contributed by atoms with Crippen LogP contribution in [0, 0.1) is 6.92 Å². The molecule has 1 N–H and O–H groups in total. The molecule has 0 amide bonds. The molecule has 0 atom stereocenters. The van der Waals surface area contributed by atoms with Gasteiger partial charge in [-0.25, -0.2) is 0 Å². The number of hydrogen-bond donors (Lipinski definition) is 1. The maximum absolute atomic E-state index is 6.11. The standard InChI is InChI=1S/C15H28BN3O3/c1-11-12(16-21-14(4,5)15(6,7)22-16)9-17-19(11)10-13(2,3)18-20-8/h9,18H,10H2,1-8H3. The summed E-state index contributed by atoms with van der Waals surface area (Å²) in [7, 11) is 1.24. The van der Waals surface area contributed by atoms with E-state index in [1.807, 2.05) is 17.8 Å². The fourth-order valence-corrected chi connectivity index (χ4v) is 2.50. The van der Waals surface area contributed by atoms with E-state index in [2.05, 4.69) is 52.1 Å². The van der Waals surface area contributed by atoms with E-state index < -0.39 is 0 Å². The van der Waals surface area contributed by atoms with Crippen molar-refractivity contribution >= 4 is 12.6 Å². The fraction of sp³-hybridized carbons (Fsp3) is 0.800. The number of rotatable bonds is 5. The zero-order valence-corrected chi connectivity index (χ0v) is 15.0. The summed E-state index contributed by atoms with van der Waals surface area (Å²) in [6.45, 7) is 15.1. The molecule has 1 fully saturated rings. The molecule has 7 heteroatoms. The summed E-state index contributed by atoms with van der Waals surface area (Å²) in [5, 5.41) is 4.48. The normalized spacial score (nSPS) is 20.6. The first-order valence-corrected chi connectivity index (χ1v) is 7.67. The Morgan fingerprint density at radius 2 is 1.82 bits per heavy atom. The Morgan fingerprint density at radius 3 is 2.32 bits per heavy atom. The third-order valence-electron chi connectivity index (χ3n) is 4.57. The Bertz CT molecular complexity index is 524. The highest BCUT2D eigenvalue weighted by atomic mass is 16.7. The molecule has 2 heterocycles. The lowest BCUT2D eigenvalue weighted by Gasteiger charge is -2.32. The van der Waals surface area contributed by atoms with E-state index in [1.54, 1.807) is 7.11 Å². The lowest BCUT2D eigenvalue weighted by Crippen LogP contribution is -2.43. The van der Waals surface area contributed by atoms with Crippen molar-refractivity contribution in [1.29, 1.82) is 0 Å². The van der Waals surface area contributed by atoms with Gasteiger partial charge >= 0.3 is 7.12 Å². The SMILES string of the molecule is CONC(C)(C)Cn1ncc(B2OC(C)(C)C(C)(C)O2)c1C. The highest BCUT2D eigenvalue weighted by Crippen LogP contribution is 2.36. The molecule has 1 aromatic heterocycles. The molecule has 2 rings (SSSR count). The second-order valence-corrected chi connectivity index (χ2v) is 7.62. The van der Waals surface area contributed by atoms with Gasteiger partial charge in [-0.2, -0.15) is 10.6 Å². The maximum atomic E-state index is 6.11. The molecule has 0 spiro atoms. The van der Waals surface area contributed by atoms with Crippen LogP contribution in [0.1, 0.15) is 47.2 Å². The number of nitrogens with zero attached hydrogens (tertiary/aromatic N) is 2. The predicted molar refractivity (Wildman–Crippen MR) is 86.9 cm³/mol. The van der Waals surface area contributed by atoms with Crippen molar-refractivity contribution in [3.8, 4) is 0 Å². The third kappa shape index (κ3) is 3.22. The molecule has 0 radical (unpaired) electrons. The molecule has 1 aromatic rings. The van der Waals surface area contributed by atoms with Gasteiger partial charge < -0.3 is 14.1 Å². The second kappa shape index (κ2) is 5.63.